The van der Waals surface area contributed by atoms with Crippen LogP contribution < -0.4 is 0 Å². The van der Waals surface area contributed by atoms with Gasteiger partial charge in [-0.2, -0.15) is 0 Å². The zero-order valence-electron chi connectivity index (χ0n) is 16.7. The van der Waals surface area contributed by atoms with E-state index in [-0.39, 0.29) is 11.8 Å². The number of piperazine rings is 1. The maximum atomic E-state index is 13.0. The number of hydrogen-bond donors (Lipinski definition) is 2. The number of aliphatic hydroxyl groups is 1. The van der Waals surface area contributed by atoms with E-state index in [4.69, 9.17) is 11.6 Å². The fourth-order valence-corrected chi connectivity index (χ4v) is 4.22. The van der Waals surface area contributed by atoms with E-state index in [0.29, 0.717) is 55.1 Å². The quantitative estimate of drug-likeness (QED) is 0.609. The fraction of sp³-hybridized carbons (Fsp3) is 0.318. The van der Waals surface area contributed by atoms with Crippen LogP contribution in [0.5, 0.6) is 0 Å². The summed E-state index contributed by atoms with van der Waals surface area (Å²) >= 11 is 6.46. The number of nitrogens with zero attached hydrogens (tertiary/aromatic N) is 4. The number of aromatic nitrogens is 2. The van der Waals surface area contributed by atoms with Crippen LogP contribution in [0.1, 0.15) is 23.2 Å². The third-order valence-corrected chi connectivity index (χ3v) is 6.32. The summed E-state index contributed by atoms with van der Waals surface area (Å²) in [4.78, 5) is 29.3. The molecule has 9 heteroatoms. The van der Waals surface area contributed by atoms with Crippen molar-refractivity contribution in [2.75, 3.05) is 26.2 Å². The average molecular weight is 441 g/mol. The first-order valence-corrected chi connectivity index (χ1v) is 10.5. The molecule has 2 N–H and O–H groups in total. The van der Waals surface area contributed by atoms with Gasteiger partial charge in [0.25, 0.3) is 11.8 Å². The molecule has 160 valence electrons. The van der Waals surface area contributed by atoms with Gasteiger partial charge in [-0.1, -0.05) is 29.8 Å². The Bertz CT molecular complexity index is 1200. The Balaban J connectivity index is 1.30. The van der Waals surface area contributed by atoms with Crippen molar-refractivity contribution in [3.63, 3.8) is 0 Å². The second kappa shape index (κ2) is 7.25. The molecule has 1 aliphatic heterocycles. The summed E-state index contributed by atoms with van der Waals surface area (Å²) in [5, 5.41) is 24.7. The molecule has 0 unspecified atom stereocenters. The lowest BCUT2D eigenvalue weighted by atomic mass is 10.0. The summed E-state index contributed by atoms with van der Waals surface area (Å²) in [6, 6.07) is 10.9. The minimum atomic E-state index is -1.18. The van der Waals surface area contributed by atoms with E-state index in [1.54, 1.807) is 21.9 Å². The second-order valence-electron chi connectivity index (χ2n) is 8.13. The highest BCUT2D eigenvalue weighted by Gasteiger charge is 2.50. The monoisotopic (exact) mass is 440 g/mol. The number of amides is 2. The number of fused-ring (bicyclic) bond motifs is 1. The highest BCUT2D eigenvalue weighted by Crippen LogP contribution is 2.37. The van der Waals surface area contributed by atoms with Crippen molar-refractivity contribution >= 4 is 34.3 Å². The van der Waals surface area contributed by atoms with Crippen molar-refractivity contribution in [3.05, 3.63) is 53.2 Å². The second-order valence-corrected chi connectivity index (χ2v) is 8.54. The van der Waals surface area contributed by atoms with Crippen LogP contribution in [0.25, 0.3) is 22.0 Å². The molecule has 2 amide bonds. The molecule has 1 saturated carbocycles. The minimum absolute atomic E-state index is 0.178. The van der Waals surface area contributed by atoms with Gasteiger partial charge in [0, 0.05) is 31.6 Å². The van der Waals surface area contributed by atoms with Crippen molar-refractivity contribution in [2.24, 2.45) is 0 Å². The Kier molecular flexibility index (Phi) is 4.64. The number of carbonyl (C=O) groups excluding carboxylic acids is 2. The van der Waals surface area contributed by atoms with E-state index < -0.39 is 5.60 Å². The van der Waals surface area contributed by atoms with Gasteiger partial charge >= 0.3 is 0 Å². The first kappa shape index (κ1) is 19.8. The molecule has 2 heterocycles. The van der Waals surface area contributed by atoms with Gasteiger partial charge < -0.3 is 20.1 Å². The van der Waals surface area contributed by atoms with E-state index in [1.165, 1.54) is 6.20 Å². The van der Waals surface area contributed by atoms with Gasteiger partial charge in [-0.15, -0.1) is 9.94 Å². The molecule has 2 aromatic carbocycles. The molecule has 1 saturated heterocycles. The van der Waals surface area contributed by atoms with Crippen LogP contribution >= 0.6 is 11.6 Å². The number of halogens is 1. The normalized spacial score (nSPS) is 17.7. The Labute approximate surface area is 183 Å². The van der Waals surface area contributed by atoms with Crippen LogP contribution in [0.4, 0.5) is 0 Å². The first-order chi connectivity index (χ1) is 14.8. The van der Waals surface area contributed by atoms with Crippen LogP contribution in [0.3, 0.4) is 0 Å². The number of carbonyl (C=O) groups is 2. The summed E-state index contributed by atoms with van der Waals surface area (Å²) in [7, 11) is 0. The van der Waals surface area contributed by atoms with E-state index in [2.05, 4.69) is 5.10 Å². The van der Waals surface area contributed by atoms with Crippen molar-refractivity contribution in [1.29, 1.82) is 0 Å². The molecule has 5 rings (SSSR count). The van der Waals surface area contributed by atoms with Gasteiger partial charge in [-0.25, -0.2) is 0 Å². The smallest absolute Gasteiger partial charge is 0.255 e. The van der Waals surface area contributed by atoms with Crippen molar-refractivity contribution in [2.45, 2.75) is 18.4 Å². The third-order valence-electron chi connectivity index (χ3n) is 6.00. The van der Waals surface area contributed by atoms with E-state index >= 15 is 0 Å². The zero-order chi connectivity index (χ0) is 21.8. The zero-order valence-corrected chi connectivity index (χ0v) is 17.4. The van der Waals surface area contributed by atoms with Gasteiger partial charge in [0.2, 0.25) is 0 Å². The van der Waals surface area contributed by atoms with Crippen LogP contribution in [-0.2, 0) is 4.79 Å². The lowest BCUT2D eigenvalue weighted by Crippen LogP contribution is -2.53. The van der Waals surface area contributed by atoms with Crippen molar-refractivity contribution in [3.8, 4) is 11.1 Å². The fourth-order valence-electron chi connectivity index (χ4n) is 3.96. The van der Waals surface area contributed by atoms with Crippen LogP contribution in [0.15, 0.2) is 42.6 Å². The molecule has 31 heavy (non-hydrogen) atoms. The summed E-state index contributed by atoms with van der Waals surface area (Å²) < 4.78 is 0. The standard InChI is InChI=1S/C22H21ClN4O4/c23-18-11-14(15-1-2-16-13-27(31)24-19(16)12-15)3-4-17(18)20(28)25-7-9-26(10-8-25)21(29)22(30)5-6-22/h1-4,11-13,30-31H,5-10H2. The minimum Gasteiger partial charge on any atom is -0.412 e. The molecule has 0 radical (unpaired) electrons. The largest absolute Gasteiger partial charge is 0.412 e. The number of rotatable bonds is 3. The Morgan fingerprint density at radius 3 is 2.29 bits per heavy atom. The molecule has 1 aromatic heterocycles. The summed E-state index contributed by atoms with van der Waals surface area (Å²) in [5.41, 5.74) is 1.59. The maximum Gasteiger partial charge on any atom is 0.255 e. The molecule has 2 aliphatic rings. The predicted octanol–water partition coefficient (Wildman–Crippen LogP) is 2.40. The van der Waals surface area contributed by atoms with Crippen molar-refractivity contribution < 1.29 is 19.9 Å². The summed E-state index contributed by atoms with van der Waals surface area (Å²) in [6.07, 6.45) is 2.55. The lowest BCUT2D eigenvalue weighted by Gasteiger charge is -2.36. The van der Waals surface area contributed by atoms with Gasteiger partial charge in [0.05, 0.1) is 22.3 Å². The SMILES string of the molecule is O=C(c1ccc(-c2ccc3cn(O)nc3c2)cc1Cl)N1CCN(C(=O)C2(O)CC2)CC1. The number of benzene rings is 2. The highest BCUT2D eigenvalue weighted by atomic mass is 35.5. The van der Waals surface area contributed by atoms with Gasteiger partial charge in [-0.3, -0.25) is 9.59 Å². The third kappa shape index (κ3) is 3.62. The van der Waals surface area contributed by atoms with Crippen LogP contribution in [0, 0.1) is 0 Å². The highest BCUT2D eigenvalue weighted by molar-refractivity contribution is 6.34. The predicted molar refractivity (Wildman–Crippen MR) is 114 cm³/mol. The Hall–Kier alpha value is -3.10. The van der Waals surface area contributed by atoms with E-state index in [0.717, 1.165) is 21.4 Å². The molecule has 1 aliphatic carbocycles. The molecule has 0 atom stereocenters. The topological polar surface area (TPSA) is 98.9 Å². The summed E-state index contributed by atoms with van der Waals surface area (Å²) in [5.74, 6) is -0.409. The maximum absolute atomic E-state index is 13.0. The molecular weight excluding hydrogens is 420 g/mol. The van der Waals surface area contributed by atoms with Crippen LogP contribution in [-0.4, -0.2) is 73.7 Å². The first-order valence-electron chi connectivity index (χ1n) is 10.1. The molecule has 8 nitrogen and oxygen atoms in total. The molecule has 0 bridgehead atoms. The lowest BCUT2D eigenvalue weighted by molar-refractivity contribution is -0.143. The average Bonchev–Trinajstić information content (AvgIpc) is 3.41. The van der Waals surface area contributed by atoms with Gasteiger partial charge in [0.15, 0.2) is 0 Å². The molecular formula is C22H21ClN4O4. The molecule has 0 spiro atoms. The van der Waals surface area contributed by atoms with Gasteiger partial charge in [-0.05, 0) is 42.2 Å². The molecule has 2 fully saturated rings. The van der Waals surface area contributed by atoms with Crippen LogP contribution in [0.2, 0.25) is 5.02 Å². The number of hydrogen-bond acceptors (Lipinski definition) is 5. The van der Waals surface area contributed by atoms with Gasteiger partial charge in [0.1, 0.15) is 5.60 Å². The Morgan fingerprint density at radius 1 is 0.968 bits per heavy atom. The van der Waals surface area contributed by atoms with E-state index in [1.807, 2.05) is 24.3 Å². The van der Waals surface area contributed by atoms with E-state index in [9.17, 15) is 19.9 Å². The Morgan fingerprint density at radius 2 is 1.61 bits per heavy atom. The summed E-state index contributed by atoms with van der Waals surface area (Å²) in [6.45, 7) is 1.61. The molecule has 3 aromatic rings. The van der Waals surface area contributed by atoms with Crippen molar-refractivity contribution in [1.82, 2.24) is 19.7 Å².